The summed E-state index contributed by atoms with van der Waals surface area (Å²) in [5.74, 6) is -0.330. The van der Waals surface area contributed by atoms with Crippen molar-refractivity contribution >= 4 is 5.97 Å². The van der Waals surface area contributed by atoms with E-state index in [1.807, 2.05) is 18.2 Å². The van der Waals surface area contributed by atoms with E-state index >= 15 is 0 Å². The fraction of sp³-hybridized carbons (Fsp3) is 0.308. The summed E-state index contributed by atoms with van der Waals surface area (Å²) in [6, 6.07) is 8.88. The second-order valence-corrected chi connectivity index (χ2v) is 3.84. The van der Waals surface area contributed by atoms with Gasteiger partial charge in [0.15, 0.2) is 0 Å². The molecule has 16 heavy (non-hydrogen) atoms. The van der Waals surface area contributed by atoms with Crippen LogP contribution in [0.5, 0.6) is 0 Å². The minimum atomic E-state index is -0.337. The number of rotatable bonds is 3. The molecule has 2 atom stereocenters. The lowest BCUT2D eigenvalue weighted by Gasteiger charge is -2.17. The van der Waals surface area contributed by atoms with E-state index in [0.29, 0.717) is 5.56 Å². The van der Waals surface area contributed by atoms with E-state index in [2.05, 4.69) is 0 Å². The lowest BCUT2D eigenvalue weighted by atomic mass is 10.1. The molecule has 1 aliphatic rings. The normalized spacial score (nSPS) is 23.3. The lowest BCUT2D eigenvalue weighted by Crippen LogP contribution is -2.24. The van der Waals surface area contributed by atoms with Gasteiger partial charge in [0.1, 0.15) is 6.10 Å². The maximum absolute atomic E-state index is 11.7. The van der Waals surface area contributed by atoms with Gasteiger partial charge in [-0.1, -0.05) is 24.3 Å². The molecule has 3 heteroatoms. The monoisotopic (exact) mass is 218 g/mol. The first kappa shape index (κ1) is 10.9. The fourth-order valence-corrected chi connectivity index (χ4v) is 1.76. The summed E-state index contributed by atoms with van der Waals surface area (Å²) in [4.78, 5) is 11.7. The molecule has 0 radical (unpaired) electrons. The standard InChI is InChI=1S/C13H14O3/c14-9-11-7-4-8-12(11)16-13(15)10-5-2-1-3-6-10/h1-6,8,11-12,14H,7,9H2/t11-,12-/m1/s1. The lowest BCUT2D eigenvalue weighted by molar-refractivity contribution is 0.0229. The van der Waals surface area contributed by atoms with Crippen LogP contribution in [0.1, 0.15) is 16.8 Å². The number of aliphatic hydroxyl groups is 1. The molecule has 1 N–H and O–H groups in total. The Hall–Kier alpha value is -1.61. The number of hydrogen-bond donors (Lipinski definition) is 1. The Morgan fingerprint density at radius 2 is 2.12 bits per heavy atom. The Bertz CT molecular complexity index is 383. The van der Waals surface area contributed by atoms with Crippen LogP contribution in [-0.2, 0) is 4.74 Å². The van der Waals surface area contributed by atoms with Crippen LogP contribution in [0.15, 0.2) is 42.5 Å². The van der Waals surface area contributed by atoms with Crippen LogP contribution in [0, 0.1) is 5.92 Å². The summed E-state index contributed by atoms with van der Waals surface area (Å²) >= 11 is 0. The third-order valence-corrected chi connectivity index (χ3v) is 2.72. The first-order valence-electron chi connectivity index (χ1n) is 5.35. The molecule has 84 valence electrons. The highest BCUT2D eigenvalue weighted by Gasteiger charge is 2.25. The molecule has 0 saturated carbocycles. The summed E-state index contributed by atoms with van der Waals surface area (Å²) in [6.07, 6.45) is 4.24. The van der Waals surface area contributed by atoms with E-state index in [1.165, 1.54) is 0 Å². The van der Waals surface area contributed by atoms with Crippen LogP contribution in [0.3, 0.4) is 0 Å². The van der Waals surface area contributed by atoms with Crippen molar-refractivity contribution in [2.24, 2.45) is 5.92 Å². The number of allylic oxidation sites excluding steroid dienone is 1. The van der Waals surface area contributed by atoms with Crippen molar-refractivity contribution in [3.8, 4) is 0 Å². The van der Waals surface area contributed by atoms with Gasteiger partial charge in [-0.15, -0.1) is 0 Å². The Morgan fingerprint density at radius 3 is 2.81 bits per heavy atom. The van der Waals surface area contributed by atoms with Gasteiger partial charge in [-0.2, -0.15) is 0 Å². The number of hydrogen-bond acceptors (Lipinski definition) is 3. The van der Waals surface area contributed by atoms with Gasteiger partial charge >= 0.3 is 5.97 Å². The van der Waals surface area contributed by atoms with Crippen molar-refractivity contribution in [1.29, 1.82) is 0 Å². The number of benzene rings is 1. The van der Waals surface area contributed by atoms with Gasteiger partial charge in [-0.25, -0.2) is 4.79 Å². The van der Waals surface area contributed by atoms with Gasteiger partial charge in [0.2, 0.25) is 0 Å². The van der Waals surface area contributed by atoms with Gasteiger partial charge in [-0.3, -0.25) is 0 Å². The zero-order valence-corrected chi connectivity index (χ0v) is 8.87. The third-order valence-electron chi connectivity index (χ3n) is 2.72. The van der Waals surface area contributed by atoms with Gasteiger partial charge < -0.3 is 9.84 Å². The van der Waals surface area contributed by atoms with E-state index in [1.54, 1.807) is 24.3 Å². The number of carbonyl (C=O) groups excluding carboxylic acids is 1. The Balaban J connectivity index is 2.00. The SMILES string of the molecule is O=C(O[C@@H]1C=CC[C@@H]1CO)c1ccccc1. The van der Waals surface area contributed by atoms with Gasteiger partial charge in [-0.05, 0) is 24.6 Å². The van der Waals surface area contributed by atoms with Crippen molar-refractivity contribution in [2.75, 3.05) is 6.61 Å². The average molecular weight is 218 g/mol. The molecule has 0 heterocycles. The minimum absolute atomic E-state index is 0.00709. The van der Waals surface area contributed by atoms with Crippen molar-refractivity contribution in [1.82, 2.24) is 0 Å². The quantitative estimate of drug-likeness (QED) is 0.621. The van der Waals surface area contributed by atoms with Crippen LogP contribution < -0.4 is 0 Å². The number of ether oxygens (including phenoxy) is 1. The fourth-order valence-electron chi connectivity index (χ4n) is 1.76. The number of aliphatic hydroxyl groups excluding tert-OH is 1. The highest BCUT2D eigenvalue weighted by Crippen LogP contribution is 2.22. The summed E-state index contributed by atoms with van der Waals surface area (Å²) < 4.78 is 5.32. The van der Waals surface area contributed by atoms with Gasteiger partial charge in [0, 0.05) is 5.92 Å². The zero-order chi connectivity index (χ0) is 11.4. The van der Waals surface area contributed by atoms with Crippen LogP contribution >= 0.6 is 0 Å². The second kappa shape index (κ2) is 4.94. The average Bonchev–Trinajstić information content (AvgIpc) is 2.77. The van der Waals surface area contributed by atoms with Gasteiger partial charge in [0.25, 0.3) is 0 Å². The molecule has 2 rings (SSSR count). The molecular formula is C13H14O3. The first-order chi connectivity index (χ1) is 7.81. The minimum Gasteiger partial charge on any atom is -0.454 e. The second-order valence-electron chi connectivity index (χ2n) is 3.84. The van der Waals surface area contributed by atoms with E-state index in [0.717, 1.165) is 6.42 Å². The Labute approximate surface area is 94.4 Å². The van der Waals surface area contributed by atoms with Crippen molar-refractivity contribution in [2.45, 2.75) is 12.5 Å². The Kier molecular flexibility index (Phi) is 3.37. The number of carbonyl (C=O) groups is 1. The molecule has 0 aliphatic heterocycles. The first-order valence-corrected chi connectivity index (χ1v) is 5.35. The van der Waals surface area contributed by atoms with E-state index < -0.39 is 0 Å². The van der Waals surface area contributed by atoms with Crippen molar-refractivity contribution in [3.63, 3.8) is 0 Å². The molecule has 0 bridgehead atoms. The molecule has 0 fully saturated rings. The number of esters is 1. The topological polar surface area (TPSA) is 46.5 Å². The molecule has 3 nitrogen and oxygen atoms in total. The molecule has 1 aliphatic carbocycles. The molecule has 0 spiro atoms. The van der Waals surface area contributed by atoms with Crippen molar-refractivity contribution < 1.29 is 14.6 Å². The van der Waals surface area contributed by atoms with E-state index in [4.69, 9.17) is 9.84 Å². The summed E-state index contributed by atoms with van der Waals surface area (Å²) in [5, 5.41) is 9.09. The largest absolute Gasteiger partial charge is 0.454 e. The highest BCUT2D eigenvalue weighted by molar-refractivity contribution is 5.89. The predicted octanol–water partition coefficient (Wildman–Crippen LogP) is 1.78. The molecule has 1 aromatic carbocycles. The van der Waals surface area contributed by atoms with Crippen LogP contribution in [0.25, 0.3) is 0 Å². The maximum atomic E-state index is 11.7. The third kappa shape index (κ3) is 2.31. The summed E-state index contributed by atoms with van der Waals surface area (Å²) in [5.41, 5.74) is 0.541. The smallest absolute Gasteiger partial charge is 0.338 e. The van der Waals surface area contributed by atoms with E-state index in [-0.39, 0.29) is 24.6 Å². The van der Waals surface area contributed by atoms with Crippen molar-refractivity contribution in [3.05, 3.63) is 48.0 Å². The molecule has 0 aromatic heterocycles. The predicted molar refractivity (Wildman–Crippen MR) is 60.0 cm³/mol. The summed E-state index contributed by atoms with van der Waals surface area (Å²) in [7, 11) is 0. The molecule has 0 amide bonds. The van der Waals surface area contributed by atoms with Gasteiger partial charge in [0.05, 0.1) is 12.2 Å². The molecule has 1 aromatic rings. The highest BCUT2D eigenvalue weighted by atomic mass is 16.5. The van der Waals surface area contributed by atoms with Crippen LogP contribution in [0.2, 0.25) is 0 Å². The molecule has 0 saturated heterocycles. The van der Waals surface area contributed by atoms with E-state index in [9.17, 15) is 4.79 Å². The summed E-state index contributed by atoms with van der Waals surface area (Å²) in [6.45, 7) is 0.0414. The molecule has 0 unspecified atom stereocenters. The van der Waals surface area contributed by atoms with Crippen LogP contribution in [-0.4, -0.2) is 23.8 Å². The van der Waals surface area contributed by atoms with Crippen LogP contribution in [0.4, 0.5) is 0 Å². The Morgan fingerprint density at radius 1 is 1.38 bits per heavy atom. The molecular weight excluding hydrogens is 204 g/mol. The zero-order valence-electron chi connectivity index (χ0n) is 8.87. The maximum Gasteiger partial charge on any atom is 0.338 e.